The largest absolute Gasteiger partial charge is 0.497 e. The summed E-state index contributed by atoms with van der Waals surface area (Å²) in [6, 6.07) is 12.3. The van der Waals surface area contributed by atoms with Gasteiger partial charge in [0.25, 0.3) is 15.9 Å². The van der Waals surface area contributed by atoms with E-state index in [1.54, 1.807) is 31.1 Å². The molecule has 0 spiro atoms. The molecule has 0 aliphatic carbocycles. The van der Waals surface area contributed by atoms with Gasteiger partial charge in [-0.15, -0.1) is 0 Å². The normalized spacial score (nSPS) is 19.8. The second-order valence-corrected chi connectivity index (χ2v) is 13.6. The highest BCUT2D eigenvalue weighted by Crippen LogP contribution is 2.55. The molecule has 0 aromatic heterocycles. The predicted octanol–water partition coefficient (Wildman–Crippen LogP) is 3.44. The summed E-state index contributed by atoms with van der Waals surface area (Å²) < 4.78 is 61.9. The molecule has 0 saturated carbocycles. The number of fused-ring (bicyclic) bond motifs is 1. The lowest BCUT2D eigenvalue weighted by molar-refractivity contribution is -0.138. The predicted molar refractivity (Wildman–Crippen MR) is 170 cm³/mol. The van der Waals surface area contributed by atoms with Crippen molar-refractivity contribution in [2.24, 2.45) is 0 Å². The first kappa shape index (κ1) is 33.2. The van der Waals surface area contributed by atoms with Gasteiger partial charge in [-0.2, -0.15) is 0 Å². The molecule has 5 rings (SSSR count). The summed E-state index contributed by atoms with van der Waals surface area (Å²) >= 11 is 0. The van der Waals surface area contributed by atoms with Crippen LogP contribution in [-0.4, -0.2) is 97.0 Å². The van der Waals surface area contributed by atoms with E-state index in [0.29, 0.717) is 35.0 Å². The number of amides is 2. The number of nitrogens with zero attached hydrogens (tertiary/aromatic N) is 4. The van der Waals surface area contributed by atoms with Gasteiger partial charge in [0.15, 0.2) is 5.54 Å². The van der Waals surface area contributed by atoms with Crippen LogP contribution >= 0.6 is 0 Å². The molecule has 0 bridgehead atoms. The summed E-state index contributed by atoms with van der Waals surface area (Å²) in [6.07, 6.45) is 0.956. The van der Waals surface area contributed by atoms with Crippen molar-refractivity contribution in [2.45, 2.75) is 35.9 Å². The Labute approximate surface area is 269 Å². The summed E-state index contributed by atoms with van der Waals surface area (Å²) in [7, 11) is 6.56. The van der Waals surface area contributed by atoms with E-state index in [1.165, 1.54) is 56.6 Å². The van der Waals surface area contributed by atoms with Crippen molar-refractivity contribution < 1.29 is 36.6 Å². The number of carbonyl (C=O) groups excluding carboxylic acids is 2. The minimum Gasteiger partial charge on any atom is -0.497 e. The zero-order valence-corrected chi connectivity index (χ0v) is 27.9. The molecule has 11 nitrogen and oxygen atoms in total. The number of benzene rings is 3. The molecule has 1 fully saturated rings. The Bertz CT molecular complexity index is 1780. The Kier molecular flexibility index (Phi) is 9.04. The molecular formula is C33H39FN4O7S. The number of hydrogen-bond acceptors (Lipinski definition) is 9. The van der Waals surface area contributed by atoms with E-state index in [1.807, 2.05) is 25.1 Å². The second kappa shape index (κ2) is 12.5. The zero-order chi connectivity index (χ0) is 33.6. The molecule has 1 saturated heterocycles. The van der Waals surface area contributed by atoms with E-state index < -0.39 is 33.3 Å². The number of ether oxygens (including phenoxy) is 3. The second-order valence-electron chi connectivity index (χ2n) is 11.8. The Morgan fingerprint density at radius 3 is 2.28 bits per heavy atom. The summed E-state index contributed by atoms with van der Waals surface area (Å²) in [5.41, 5.74) is -0.785. The first-order chi connectivity index (χ1) is 21.8. The van der Waals surface area contributed by atoms with Crippen LogP contribution in [0.4, 0.5) is 10.1 Å². The van der Waals surface area contributed by atoms with E-state index in [2.05, 4.69) is 0 Å². The van der Waals surface area contributed by atoms with Crippen LogP contribution in [0.2, 0.25) is 0 Å². The number of anilines is 1. The number of likely N-dealkylation sites (N-methyl/N-ethyl adjacent to an activating group) is 1. The molecule has 246 valence electrons. The van der Waals surface area contributed by atoms with Gasteiger partial charge in [0, 0.05) is 44.4 Å². The maximum atomic E-state index is 15.4. The Morgan fingerprint density at radius 1 is 0.935 bits per heavy atom. The third-order valence-electron chi connectivity index (χ3n) is 8.51. The summed E-state index contributed by atoms with van der Waals surface area (Å²) in [4.78, 5) is 33.9. The molecule has 2 amide bonds. The molecule has 3 aromatic carbocycles. The van der Waals surface area contributed by atoms with Crippen LogP contribution in [0.5, 0.6) is 17.2 Å². The fourth-order valence-corrected chi connectivity index (χ4v) is 8.19. The molecule has 2 aliphatic rings. The highest BCUT2D eigenvalue weighted by molar-refractivity contribution is 7.93. The van der Waals surface area contributed by atoms with Gasteiger partial charge in [-0.05, 0) is 75.0 Å². The van der Waals surface area contributed by atoms with Crippen molar-refractivity contribution in [3.05, 3.63) is 77.1 Å². The lowest BCUT2D eigenvalue weighted by Crippen LogP contribution is -2.59. The third-order valence-corrected chi connectivity index (χ3v) is 10.2. The van der Waals surface area contributed by atoms with Gasteiger partial charge < -0.3 is 24.0 Å². The van der Waals surface area contributed by atoms with E-state index in [-0.39, 0.29) is 40.1 Å². The smallest absolute Gasteiger partial charge is 0.274 e. The van der Waals surface area contributed by atoms with Crippen molar-refractivity contribution in [1.82, 2.24) is 14.7 Å². The number of halogens is 1. The van der Waals surface area contributed by atoms with E-state index in [4.69, 9.17) is 14.2 Å². The maximum Gasteiger partial charge on any atom is 0.274 e. The third kappa shape index (κ3) is 5.25. The summed E-state index contributed by atoms with van der Waals surface area (Å²) in [5.74, 6) is -1.22. The Morgan fingerprint density at radius 2 is 1.65 bits per heavy atom. The first-order valence-corrected chi connectivity index (χ1v) is 16.2. The molecule has 2 atom stereocenters. The number of sulfonamides is 1. The van der Waals surface area contributed by atoms with Crippen molar-refractivity contribution >= 4 is 27.5 Å². The average Bonchev–Trinajstić information content (AvgIpc) is 3.60. The minimum absolute atomic E-state index is 0.0349. The monoisotopic (exact) mass is 654 g/mol. The van der Waals surface area contributed by atoms with Crippen LogP contribution in [0.1, 0.15) is 29.5 Å². The molecule has 3 aromatic rings. The minimum atomic E-state index is -4.68. The highest BCUT2D eigenvalue weighted by Gasteiger charge is 2.63. The quantitative estimate of drug-likeness (QED) is 0.325. The maximum absolute atomic E-state index is 15.4. The lowest BCUT2D eigenvalue weighted by atomic mass is 9.80. The van der Waals surface area contributed by atoms with E-state index in [9.17, 15) is 13.2 Å². The van der Waals surface area contributed by atoms with E-state index >= 15 is 9.18 Å². The van der Waals surface area contributed by atoms with Crippen LogP contribution in [0, 0.1) is 5.82 Å². The SMILES string of the molecule is COc1ccc(S(=O)(=O)N2C(=O)C(c3cc(CN(C)C)ccc3OC)(N3CCC[C@H]3C(=O)N(C)C)c3cc(F)ccc32)c(OC)c1. The molecule has 2 aliphatic heterocycles. The fourth-order valence-electron chi connectivity index (χ4n) is 6.59. The number of methoxy groups -OCH3 is 3. The van der Waals surface area contributed by atoms with Gasteiger partial charge in [0.2, 0.25) is 5.91 Å². The van der Waals surface area contributed by atoms with Crippen LogP contribution in [0.3, 0.4) is 0 Å². The zero-order valence-electron chi connectivity index (χ0n) is 27.0. The Hall–Kier alpha value is -4.20. The van der Waals surface area contributed by atoms with Crippen LogP contribution in [-0.2, 0) is 31.7 Å². The molecular weight excluding hydrogens is 615 g/mol. The molecule has 1 unspecified atom stereocenters. The van der Waals surface area contributed by atoms with Crippen molar-refractivity contribution in [1.29, 1.82) is 0 Å². The van der Waals surface area contributed by atoms with Gasteiger partial charge in [-0.25, -0.2) is 17.1 Å². The van der Waals surface area contributed by atoms with Crippen LogP contribution in [0.15, 0.2) is 59.5 Å². The van der Waals surface area contributed by atoms with Crippen molar-refractivity contribution in [3.63, 3.8) is 0 Å². The van der Waals surface area contributed by atoms with Gasteiger partial charge in [-0.3, -0.25) is 14.5 Å². The molecule has 0 radical (unpaired) electrons. The van der Waals surface area contributed by atoms with Gasteiger partial charge in [0.1, 0.15) is 28.0 Å². The Balaban J connectivity index is 1.88. The number of hydrogen-bond donors (Lipinski definition) is 0. The van der Waals surface area contributed by atoms with Gasteiger partial charge >= 0.3 is 0 Å². The molecule has 2 heterocycles. The lowest BCUT2D eigenvalue weighted by Gasteiger charge is -2.42. The number of rotatable bonds is 10. The van der Waals surface area contributed by atoms with Gasteiger partial charge in [-0.1, -0.05) is 6.07 Å². The highest BCUT2D eigenvalue weighted by atomic mass is 32.2. The molecule has 13 heteroatoms. The van der Waals surface area contributed by atoms with Crippen molar-refractivity contribution in [3.8, 4) is 17.2 Å². The number of carbonyl (C=O) groups is 2. The van der Waals surface area contributed by atoms with Crippen LogP contribution in [0.25, 0.3) is 0 Å². The molecule has 0 N–H and O–H groups in total. The van der Waals surface area contributed by atoms with Crippen molar-refractivity contribution in [2.75, 3.05) is 60.4 Å². The average molecular weight is 655 g/mol. The first-order valence-electron chi connectivity index (χ1n) is 14.7. The fraction of sp³-hybridized carbons (Fsp3) is 0.394. The summed E-state index contributed by atoms with van der Waals surface area (Å²) in [5, 5.41) is 0. The molecule has 46 heavy (non-hydrogen) atoms. The van der Waals surface area contributed by atoms with Gasteiger partial charge in [0.05, 0.1) is 33.1 Å². The van der Waals surface area contributed by atoms with Crippen LogP contribution < -0.4 is 18.5 Å². The number of likely N-dealkylation sites (tertiary alicyclic amines) is 1. The topological polar surface area (TPSA) is 109 Å². The van der Waals surface area contributed by atoms with E-state index in [0.717, 1.165) is 11.6 Å². The summed E-state index contributed by atoms with van der Waals surface area (Å²) in [6.45, 7) is 0.745. The standard InChI is InChI=1S/C33H39FN4O7S/c1-35(2)20-21-10-14-28(44-6)25(17-21)33(37-16-8-9-27(37)31(39)36(3)4)24-18-22(34)11-13-26(24)38(32(33)40)46(41,42)30-15-12-23(43-5)19-29(30)45-7/h10-15,17-19,27H,8-9,16,20H2,1-7H3/t27-,33?/m0/s1.